The molecule has 3 heterocycles. The van der Waals surface area contributed by atoms with E-state index in [1.54, 1.807) is 11.3 Å². The van der Waals surface area contributed by atoms with Crippen molar-refractivity contribution in [3.05, 3.63) is 39.9 Å². The van der Waals surface area contributed by atoms with Gasteiger partial charge in [-0.15, -0.1) is 11.3 Å². The second-order valence-corrected chi connectivity index (χ2v) is 6.98. The van der Waals surface area contributed by atoms with Crippen LogP contribution >= 0.6 is 11.3 Å². The minimum absolute atomic E-state index is 0.0360. The predicted molar refractivity (Wildman–Crippen MR) is 84.2 cm³/mol. The Hall–Kier alpha value is -2.48. The maximum absolute atomic E-state index is 12.5. The monoisotopic (exact) mass is 345 g/mol. The van der Waals surface area contributed by atoms with Gasteiger partial charge in [0.25, 0.3) is 0 Å². The van der Waals surface area contributed by atoms with Crippen molar-refractivity contribution in [2.45, 2.75) is 31.7 Å². The van der Waals surface area contributed by atoms with E-state index in [0.29, 0.717) is 17.9 Å². The van der Waals surface area contributed by atoms with Gasteiger partial charge in [-0.2, -0.15) is 0 Å². The summed E-state index contributed by atoms with van der Waals surface area (Å²) in [4.78, 5) is 39.8. The lowest BCUT2D eigenvalue weighted by Crippen LogP contribution is -2.34. The molecule has 0 unspecified atom stereocenters. The molecule has 0 spiro atoms. The first-order valence-corrected chi connectivity index (χ1v) is 8.66. The van der Waals surface area contributed by atoms with Crippen LogP contribution in [0.1, 0.15) is 35.0 Å². The summed E-state index contributed by atoms with van der Waals surface area (Å²) in [5, 5.41) is 5.70. The summed E-state index contributed by atoms with van der Waals surface area (Å²) in [6, 6.07) is 3.29. The van der Waals surface area contributed by atoms with Crippen LogP contribution in [0, 0.1) is 0 Å². The highest BCUT2D eigenvalue weighted by Gasteiger charge is 2.45. The molecule has 8 heteroatoms. The van der Waals surface area contributed by atoms with Crippen LogP contribution < -0.4 is 0 Å². The van der Waals surface area contributed by atoms with Gasteiger partial charge in [0.1, 0.15) is 5.76 Å². The van der Waals surface area contributed by atoms with Gasteiger partial charge in [0, 0.05) is 29.3 Å². The molecule has 1 aliphatic heterocycles. The van der Waals surface area contributed by atoms with Crippen LogP contribution in [0.3, 0.4) is 0 Å². The Bertz CT molecular complexity index is 794. The predicted octanol–water partition coefficient (Wildman–Crippen LogP) is 2.15. The molecule has 0 N–H and O–H groups in total. The van der Waals surface area contributed by atoms with Crippen molar-refractivity contribution in [2.75, 3.05) is 6.54 Å². The molecule has 4 rings (SSSR count). The van der Waals surface area contributed by atoms with Crippen molar-refractivity contribution >= 4 is 29.2 Å². The minimum atomic E-state index is -0.783. The fourth-order valence-electron chi connectivity index (χ4n) is 2.80. The van der Waals surface area contributed by atoms with Crippen LogP contribution in [-0.4, -0.2) is 39.3 Å². The van der Waals surface area contributed by atoms with Gasteiger partial charge in [0.05, 0.1) is 12.7 Å². The molecule has 1 saturated carbocycles. The Balaban J connectivity index is 1.47. The largest absolute Gasteiger partial charge is 0.361 e. The van der Waals surface area contributed by atoms with Gasteiger partial charge in [-0.05, 0) is 24.3 Å². The molecular weight excluding hydrogens is 330 g/mol. The summed E-state index contributed by atoms with van der Waals surface area (Å²) in [7, 11) is 0. The van der Waals surface area contributed by atoms with Crippen molar-refractivity contribution < 1.29 is 18.9 Å². The zero-order valence-electron chi connectivity index (χ0n) is 12.8. The molecule has 0 bridgehead atoms. The standard InChI is InChI=1S/C16H15N3O4S/c20-14-15(21)19(9-11-8-17-23-13(11)10-3-4-10)16(22)18(14)6-5-12-2-1-7-24-12/h1-2,7-8,10H,3-6,9H2. The first kappa shape index (κ1) is 15.1. The topological polar surface area (TPSA) is 83.7 Å². The highest BCUT2D eigenvalue weighted by atomic mass is 32.1. The minimum Gasteiger partial charge on any atom is -0.361 e. The SMILES string of the molecule is O=C1C(=O)N(Cc2cnoc2C2CC2)C(=O)N1CCc1cccs1. The summed E-state index contributed by atoms with van der Waals surface area (Å²) in [6.45, 7) is 0.244. The lowest BCUT2D eigenvalue weighted by molar-refractivity contribution is -0.143. The zero-order valence-corrected chi connectivity index (χ0v) is 13.6. The van der Waals surface area contributed by atoms with Crippen LogP contribution in [-0.2, 0) is 22.6 Å². The molecule has 0 atom stereocenters. The molecule has 124 valence electrons. The van der Waals surface area contributed by atoms with Gasteiger partial charge in [0.2, 0.25) is 0 Å². The lowest BCUT2D eigenvalue weighted by atomic mass is 10.2. The van der Waals surface area contributed by atoms with Crippen molar-refractivity contribution in [1.29, 1.82) is 0 Å². The highest BCUT2D eigenvalue weighted by molar-refractivity contribution is 7.09. The molecule has 1 saturated heterocycles. The Morgan fingerprint density at radius 2 is 2.00 bits per heavy atom. The number of hydrogen-bond donors (Lipinski definition) is 0. The van der Waals surface area contributed by atoms with Gasteiger partial charge in [0.15, 0.2) is 0 Å². The third-order valence-electron chi connectivity index (χ3n) is 4.25. The van der Waals surface area contributed by atoms with Crippen molar-refractivity contribution in [2.24, 2.45) is 0 Å². The summed E-state index contributed by atoms with van der Waals surface area (Å²) in [5.41, 5.74) is 0.701. The maximum Gasteiger partial charge on any atom is 0.334 e. The van der Waals surface area contributed by atoms with E-state index in [2.05, 4.69) is 5.16 Å². The second-order valence-electron chi connectivity index (χ2n) is 5.95. The van der Waals surface area contributed by atoms with Crippen LogP contribution in [0.15, 0.2) is 28.2 Å². The van der Waals surface area contributed by atoms with Gasteiger partial charge in [-0.25, -0.2) is 4.79 Å². The number of nitrogens with zero attached hydrogens (tertiary/aromatic N) is 3. The average Bonchev–Trinajstić information content (AvgIpc) is 3.03. The van der Waals surface area contributed by atoms with Gasteiger partial charge >= 0.3 is 17.8 Å². The first-order valence-electron chi connectivity index (χ1n) is 7.78. The number of thiophene rings is 1. The quantitative estimate of drug-likeness (QED) is 0.592. The number of hydrogen-bond acceptors (Lipinski definition) is 6. The molecule has 24 heavy (non-hydrogen) atoms. The van der Waals surface area contributed by atoms with E-state index in [9.17, 15) is 14.4 Å². The van der Waals surface area contributed by atoms with E-state index in [1.807, 2.05) is 17.5 Å². The van der Waals surface area contributed by atoms with Gasteiger partial charge in [-0.3, -0.25) is 19.4 Å². The number of amides is 4. The third kappa shape index (κ3) is 2.62. The fraction of sp³-hybridized carbons (Fsp3) is 0.375. The summed E-state index contributed by atoms with van der Waals surface area (Å²) < 4.78 is 5.22. The normalized spacial score (nSPS) is 18.1. The second kappa shape index (κ2) is 5.86. The molecule has 4 amide bonds. The molecular formula is C16H15N3O4S. The Morgan fingerprint density at radius 1 is 1.21 bits per heavy atom. The number of urea groups is 1. The molecule has 1 aliphatic carbocycles. The van der Waals surface area contributed by atoms with Gasteiger partial charge < -0.3 is 4.52 Å². The molecule has 2 aromatic rings. The third-order valence-corrected chi connectivity index (χ3v) is 5.19. The van der Waals surface area contributed by atoms with E-state index >= 15 is 0 Å². The molecule has 2 aliphatic rings. The zero-order chi connectivity index (χ0) is 16.7. The van der Waals surface area contributed by atoms with Crippen LogP contribution in [0.4, 0.5) is 4.79 Å². The lowest BCUT2D eigenvalue weighted by Gasteiger charge is -2.14. The Morgan fingerprint density at radius 3 is 2.71 bits per heavy atom. The number of carbonyl (C=O) groups excluding carboxylic acids is 3. The summed E-state index contributed by atoms with van der Waals surface area (Å²) in [6.07, 6.45) is 4.12. The molecule has 2 aromatic heterocycles. The number of aromatic nitrogens is 1. The van der Waals surface area contributed by atoms with Crippen LogP contribution in [0.5, 0.6) is 0 Å². The van der Waals surface area contributed by atoms with Crippen molar-refractivity contribution in [3.63, 3.8) is 0 Å². The number of rotatable bonds is 6. The Kier molecular flexibility index (Phi) is 3.68. The fourth-order valence-corrected chi connectivity index (χ4v) is 3.50. The van der Waals surface area contributed by atoms with Crippen molar-refractivity contribution in [1.82, 2.24) is 15.0 Å². The van der Waals surface area contributed by atoms with Crippen molar-refractivity contribution in [3.8, 4) is 0 Å². The highest BCUT2D eigenvalue weighted by Crippen LogP contribution is 2.42. The van der Waals surface area contributed by atoms with E-state index in [1.165, 1.54) is 6.20 Å². The first-order chi connectivity index (χ1) is 11.6. The van der Waals surface area contributed by atoms with E-state index < -0.39 is 17.8 Å². The Labute approximate surface area is 141 Å². The van der Waals surface area contributed by atoms with Crippen LogP contribution in [0.25, 0.3) is 0 Å². The van der Waals surface area contributed by atoms with Gasteiger partial charge in [-0.1, -0.05) is 11.2 Å². The summed E-state index contributed by atoms with van der Waals surface area (Å²) >= 11 is 1.56. The van der Waals surface area contributed by atoms with E-state index in [0.717, 1.165) is 33.3 Å². The number of imide groups is 2. The molecule has 7 nitrogen and oxygen atoms in total. The smallest absolute Gasteiger partial charge is 0.334 e. The molecule has 0 aromatic carbocycles. The van der Waals surface area contributed by atoms with E-state index in [-0.39, 0.29) is 13.1 Å². The summed E-state index contributed by atoms with van der Waals surface area (Å²) in [5.74, 6) is -0.504. The maximum atomic E-state index is 12.5. The molecule has 0 radical (unpaired) electrons. The molecule has 2 fully saturated rings. The van der Waals surface area contributed by atoms with E-state index in [4.69, 9.17) is 4.52 Å². The number of carbonyl (C=O) groups is 3. The van der Waals surface area contributed by atoms with Crippen LogP contribution in [0.2, 0.25) is 0 Å². The average molecular weight is 345 g/mol.